The second-order valence-electron chi connectivity index (χ2n) is 7.19. The number of carbonyl (C=O) groups excluding carboxylic acids is 1. The standard InChI is InChI=1S/C21H26N6O/c28-19(10-6-9-17-7-2-1-3-8-17)22-11-14-27-21-18(15-25-27)20(23-16-24-21)26-12-4-5-13-26/h1-3,7-8,15-16H,4-6,9-14H2,(H,22,28). The summed E-state index contributed by atoms with van der Waals surface area (Å²) in [6.07, 6.45) is 8.17. The molecule has 0 atom stereocenters. The molecule has 3 heterocycles. The van der Waals surface area contributed by atoms with Crippen LogP contribution in [0.4, 0.5) is 5.82 Å². The second-order valence-corrected chi connectivity index (χ2v) is 7.19. The van der Waals surface area contributed by atoms with Gasteiger partial charge in [0.15, 0.2) is 5.65 Å². The van der Waals surface area contributed by atoms with Gasteiger partial charge in [0.1, 0.15) is 12.1 Å². The van der Waals surface area contributed by atoms with E-state index in [4.69, 9.17) is 0 Å². The summed E-state index contributed by atoms with van der Waals surface area (Å²) in [6.45, 7) is 3.22. The Morgan fingerprint density at radius 3 is 2.75 bits per heavy atom. The molecule has 1 N–H and O–H groups in total. The molecule has 0 unspecified atom stereocenters. The zero-order valence-corrected chi connectivity index (χ0v) is 16.0. The molecule has 0 spiro atoms. The van der Waals surface area contributed by atoms with Crippen molar-refractivity contribution in [3.63, 3.8) is 0 Å². The first-order valence-corrected chi connectivity index (χ1v) is 10.0. The first-order chi connectivity index (χ1) is 13.8. The summed E-state index contributed by atoms with van der Waals surface area (Å²) in [5.74, 6) is 1.05. The SMILES string of the molecule is O=C(CCCc1ccccc1)NCCn1ncc2c(N3CCCC3)ncnc21. The maximum absolute atomic E-state index is 12.1. The van der Waals surface area contributed by atoms with Crippen LogP contribution in [-0.2, 0) is 17.8 Å². The number of nitrogens with zero attached hydrogens (tertiary/aromatic N) is 5. The second kappa shape index (κ2) is 8.82. The molecule has 2 aromatic heterocycles. The summed E-state index contributed by atoms with van der Waals surface area (Å²) in [4.78, 5) is 23.2. The largest absolute Gasteiger partial charge is 0.356 e. The predicted octanol–water partition coefficient (Wildman–Crippen LogP) is 2.57. The topological polar surface area (TPSA) is 75.9 Å². The van der Waals surface area contributed by atoms with E-state index >= 15 is 0 Å². The molecular weight excluding hydrogens is 352 g/mol. The number of amides is 1. The molecule has 1 aliphatic rings. The lowest BCUT2D eigenvalue weighted by molar-refractivity contribution is -0.121. The van der Waals surface area contributed by atoms with E-state index in [-0.39, 0.29) is 5.91 Å². The Morgan fingerprint density at radius 2 is 1.93 bits per heavy atom. The third-order valence-corrected chi connectivity index (χ3v) is 5.18. The monoisotopic (exact) mass is 378 g/mol. The van der Waals surface area contributed by atoms with Crippen LogP contribution in [0, 0.1) is 0 Å². The molecule has 0 radical (unpaired) electrons. The van der Waals surface area contributed by atoms with Gasteiger partial charge in [0, 0.05) is 26.1 Å². The molecule has 7 nitrogen and oxygen atoms in total. The summed E-state index contributed by atoms with van der Waals surface area (Å²) in [6, 6.07) is 10.3. The number of nitrogens with one attached hydrogen (secondary N) is 1. The zero-order chi connectivity index (χ0) is 19.2. The molecule has 0 aliphatic carbocycles. The fraction of sp³-hybridized carbons (Fsp3) is 0.429. The lowest BCUT2D eigenvalue weighted by atomic mass is 10.1. The van der Waals surface area contributed by atoms with Crippen molar-refractivity contribution in [3.05, 3.63) is 48.4 Å². The molecule has 1 fully saturated rings. The molecule has 0 bridgehead atoms. The van der Waals surface area contributed by atoms with Crippen molar-refractivity contribution in [2.45, 2.75) is 38.6 Å². The van der Waals surface area contributed by atoms with Gasteiger partial charge < -0.3 is 10.2 Å². The van der Waals surface area contributed by atoms with Crippen molar-refractivity contribution in [1.29, 1.82) is 0 Å². The Kier molecular flexibility index (Phi) is 5.80. The average Bonchev–Trinajstić information content (AvgIpc) is 3.39. The quantitative estimate of drug-likeness (QED) is 0.652. The fourth-order valence-corrected chi connectivity index (χ4v) is 3.71. The van der Waals surface area contributed by atoms with Crippen molar-refractivity contribution in [2.24, 2.45) is 0 Å². The van der Waals surface area contributed by atoms with Gasteiger partial charge in [-0.15, -0.1) is 0 Å². The van der Waals surface area contributed by atoms with Gasteiger partial charge in [-0.1, -0.05) is 30.3 Å². The molecule has 0 saturated carbocycles. The van der Waals surface area contributed by atoms with Crippen LogP contribution in [-0.4, -0.2) is 45.3 Å². The Morgan fingerprint density at radius 1 is 1.11 bits per heavy atom. The molecule has 1 aliphatic heterocycles. The number of hydrogen-bond donors (Lipinski definition) is 1. The Balaban J connectivity index is 1.27. The van der Waals surface area contributed by atoms with E-state index in [0.717, 1.165) is 42.8 Å². The number of benzene rings is 1. The highest BCUT2D eigenvalue weighted by molar-refractivity contribution is 5.86. The number of anilines is 1. The van der Waals surface area contributed by atoms with E-state index in [1.54, 1.807) is 6.33 Å². The molecule has 3 aromatic rings. The summed E-state index contributed by atoms with van der Waals surface area (Å²) >= 11 is 0. The molecular formula is C21H26N6O. The number of aryl methyl sites for hydroxylation is 1. The first kappa shape index (κ1) is 18.4. The zero-order valence-electron chi connectivity index (χ0n) is 16.0. The van der Waals surface area contributed by atoms with E-state index in [1.807, 2.05) is 29.1 Å². The minimum absolute atomic E-state index is 0.0831. The van der Waals surface area contributed by atoms with Gasteiger partial charge in [-0.3, -0.25) is 4.79 Å². The van der Waals surface area contributed by atoms with Crippen molar-refractivity contribution in [3.8, 4) is 0 Å². The fourth-order valence-electron chi connectivity index (χ4n) is 3.71. The van der Waals surface area contributed by atoms with E-state index in [0.29, 0.717) is 19.5 Å². The highest BCUT2D eigenvalue weighted by Gasteiger charge is 2.18. The van der Waals surface area contributed by atoms with Crippen molar-refractivity contribution >= 4 is 22.8 Å². The van der Waals surface area contributed by atoms with Crippen LogP contribution < -0.4 is 10.2 Å². The van der Waals surface area contributed by atoms with Gasteiger partial charge in [-0.25, -0.2) is 14.6 Å². The highest BCUT2D eigenvalue weighted by atomic mass is 16.1. The third-order valence-electron chi connectivity index (χ3n) is 5.18. The number of carbonyl (C=O) groups is 1. The number of rotatable bonds is 8. The van der Waals surface area contributed by atoms with Crippen LogP contribution in [0.25, 0.3) is 11.0 Å². The summed E-state index contributed by atoms with van der Waals surface area (Å²) in [7, 11) is 0. The Labute approximate surface area is 164 Å². The van der Waals surface area contributed by atoms with E-state index in [2.05, 4.69) is 37.4 Å². The number of hydrogen-bond acceptors (Lipinski definition) is 5. The van der Waals surface area contributed by atoms with Crippen LogP contribution >= 0.6 is 0 Å². The number of fused-ring (bicyclic) bond motifs is 1. The van der Waals surface area contributed by atoms with Crippen LogP contribution in [0.3, 0.4) is 0 Å². The molecule has 1 amide bonds. The Hall–Kier alpha value is -2.96. The maximum atomic E-state index is 12.1. The van der Waals surface area contributed by atoms with Crippen molar-refractivity contribution in [1.82, 2.24) is 25.1 Å². The van der Waals surface area contributed by atoms with Gasteiger partial charge in [0.25, 0.3) is 0 Å². The highest BCUT2D eigenvalue weighted by Crippen LogP contribution is 2.25. The van der Waals surface area contributed by atoms with E-state index < -0.39 is 0 Å². The smallest absolute Gasteiger partial charge is 0.220 e. The molecule has 4 rings (SSSR count). The molecule has 1 aromatic carbocycles. The minimum atomic E-state index is 0.0831. The lowest BCUT2D eigenvalue weighted by Gasteiger charge is -2.16. The predicted molar refractivity (Wildman–Crippen MR) is 109 cm³/mol. The summed E-state index contributed by atoms with van der Waals surface area (Å²) in [5.41, 5.74) is 2.10. The van der Waals surface area contributed by atoms with Gasteiger partial charge in [0.05, 0.1) is 18.1 Å². The average molecular weight is 378 g/mol. The van der Waals surface area contributed by atoms with Gasteiger partial charge in [-0.2, -0.15) is 5.10 Å². The van der Waals surface area contributed by atoms with Crippen LogP contribution in [0.15, 0.2) is 42.9 Å². The minimum Gasteiger partial charge on any atom is -0.356 e. The van der Waals surface area contributed by atoms with Gasteiger partial charge >= 0.3 is 0 Å². The third kappa shape index (κ3) is 4.30. The van der Waals surface area contributed by atoms with Crippen molar-refractivity contribution in [2.75, 3.05) is 24.5 Å². The summed E-state index contributed by atoms with van der Waals surface area (Å²) in [5, 5.41) is 8.44. The van der Waals surface area contributed by atoms with Crippen LogP contribution in [0.2, 0.25) is 0 Å². The lowest BCUT2D eigenvalue weighted by Crippen LogP contribution is -2.27. The molecule has 1 saturated heterocycles. The van der Waals surface area contributed by atoms with Gasteiger partial charge in [-0.05, 0) is 31.2 Å². The van der Waals surface area contributed by atoms with Crippen molar-refractivity contribution < 1.29 is 4.79 Å². The van der Waals surface area contributed by atoms with Crippen LogP contribution in [0.5, 0.6) is 0 Å². The summed E-state index contributed by atoms with van der Waals surface area (Å²) < 4.78 is 1.85. The molecule has 146 valence electrons. The number of aromatic nitrogens is 4. The normalized spacial score (nSPS) is 13.9. The first-order valence-electron chi connectivity index (χ1n) is 10.0. The van der Waals surface area contributed by atoms with E-state index in [9.17, 15) is 4.79 Å². The maximum Gasteiger partial charge on any atom is 0.220 e. The van der Waals surface area contributed by atoms with Crippen LogP contribution in [0.1, 0.15) is 31.2 Å². The Bertz CT molecular complexity index is 917. The van der Waals surface area contributed by atoms with E-state index in [1.165, 1.54) is 18.4 Å². The molecule has 28 heavy (non-hydrogen) atoms. The van der Waals surface area contributed by atoms with Gasteiger partial charge in [0.2, 0.25) is 5.91 Å². The molecule has 7 heteroatoms.